The average molecular weight is 430 g/mol. The van der Waals surface area contributed by atoms with Gasteiger partial charge in [0.25, 0.3) is 0 Å². The van der Waals surface area contributed by atoms with E-state index in [1.165, 1.54) is 71.6 Å². The molecule has 0 N–H and O–H groups in total. The topological polar surface area (TPSA) is 0 Å². The minimum atomic E-state index is 0. The molecule has 0 saturated heterocycles. The van der Waals surface area contributed by atoms with E-state index in [0.717, 1.165) is 12.3 Å². The van der Waals surface area contributed by atoms with E-state index in [4.69, 9.17) is 0 Å². The Hall–Kier alpha value is -1.46. The first-order valence-corrected chi connectivity index (χ1v) is 10.2. The van der Waals surface area contributed by atoms with Crippen molar-refractivity contribution in [1.29, 1.82) is 0 Å². The van der Waals surface area contributed by atoms with Crippen LogP contribution in [-0.4, -0.2) is 0 Å². The molecule has 1 fully saturated rings. The Balaban J connectivity index is 0.00000180. The molecule has 3 aromatic carbocycles. The summed E-state index contributed by atoms with van der Waals surface area (Å²) in [5, 5.41) is 2.64. The number of hydrogen-bond donors (Lipinski definition) is 0. The predicted molar refractivity (Wildman–Crippen MR) is 112 cm³/mol. The molecular formula is C26H26Zr. The normalized spacial score (nSPS) is 16.7. The standard InChI is InChI=1S/C26H26.Zr/c1-2-7-19(8-3-1)15-20-16-23-11-6-12-25(26(23)17-20)24-14-13-21-9-4-5-10-22(21)18-24;/h4-6,9-14,17-19H,1-3,7-8,15-16H2;. The molecule has 0 aromatic heterocycles. The monoisotopic (exact) mass is 428 g/mol. The van der Waals surface area contributed by atoms with Crippen molar-refractivity contribution in [3.63, 3.8) is 0 Å². The van der Waals surface area contributed by atoms with Crippen LogP contribution in [0.25, 0.3) is 28.0 Å². The van der Waals surface area contributed by atoms with Gasteiger partial charge in [0, 0.05) is 26.2 Å². The molecule has 2 aliphatic rings. The number of rotatable bonds is 3. The smallest absolute Gasteiger partial charge is 0 e. The van der Waals surface area contributed by atoms with Crippen molar-refractivity contribution in [3.8, 4) is 11.1 Å². The molecule has 5 rings (SSSR count). The van der Waals surface area contributed by atoms with Crippen molar-refractivity contribution in [3.05, 3.63) is 77.4 Å². The first-order valence-electron chi connectivity index (χ1n) is 10.2. The number of fused-ring (bicyclic) bond motifs is 2. The molecule has 2 aliphatic carbocycles. The first-order chi connectivity index (χ1) is 12.9. The molecule has 0 bridgehead atoms. The molecule has 3 aromatic rings. The minimum Gasteiger partial charge on any atom is -0.0649 e. The number of hydrogen-bond acceptors (Lipinski definition) is 0. The van der Waals surface area contributed by atoms with Gasteiger partial charge in [-0.25, -0.2) is 0 Å². The first kappa shape index (κ1) is 18.9. The van der Waals surface area contributed by atoms with Crippen molar-refractivity contribution in [1.82, 2.24) is 0 Å². The second kappa shape index (κ2) is 8.28. The summed E-state index contributed by atoms with van der Waals surface area (Å²) in [6.07, 6.45) is 12.2. The summed E-state index contributed by atoms with van der Waals surface area (Å²) in [6, 6.07) is 22.4. The summed E-state index contributed by atoms with van der Waals surface area (Å²) in [4.78, 5) is 0. The van der Waals surface area contributed by atoms with Crippen LogP contribution < -0.4 is 0 Å². The van der Waals surface area contributed by atoms with Crippen molar-refractivity contribution in [2.45, 2.75) is 44.9 Å². The molecule has 1 saturated carbocycles. The maximum Gasteiger partial charge on any atom is 0 e. The van der Waals surface area contributed by atoms with Crippen LogP contribution in [0.1, 0.15) is 49.7 Å². The summed E-state index contributed by atoms with van der Waals surface area (Å²) >= 11 is 0. The summed E-state index contributed by atoms with van der Waals surface area (Å²) in [6.45, 7) is 0. The maximum atomic E-state index is 2.51. The molecule has 27 heavy (non-hydrogen) atoms. The van der Waals surface area contributed by atoms with E-state index in [0.29, 0.717) is 0 Å². The Labute approximate surface area is 181 Å². The summed E-state index contributed by atoms with van der Waals surface area (Å²) in [5.74, 6) is 0.924. The zero-order valence-corrected chi connectivity index (χ0v) is 18.3. The Kier molecular flexibility index (Phi) is 5.79. The van der Waals surface area contributed by atoms with Gasteiger partial charge in [-0.15, -0.1) is 0 Å². The quantitative estimate of drug-likeness (QED) is 0.406. The molecule has 1 heteroatoms. The SMILES string of the molecule is C1=C(CC2CCCCC2)Cc2cccc(-c3ccc4ccccc4c3)c21.[Zr]. The molecule has 0 amide bonds. The van der Waals surface area contributed by atoms with Gasteiger partial charge in [0.1, 0.15) is 0 Å². The van der Waals surface area contributed by atoms with Gasteiger partial charge in [0.15, 0.2) is 0 Å². The molecule has 0 atom stereocenters. The van der Waals surface area contributed by atoms with Gasteiger partial charge in [0.2, 0.25) is 0 Å². The van der Waals surface area contributed by atoms with E-state index in [2.05, 4.69) is 66.7 Å². The molecular weight excluding hydrogens is 404 g/mol. The Morgan fingerprint density at radius 1 is 0.778 bits per heavy atom. The molecule has 0 radical (unpaired) electrons. The van der Waals surface area contributed by atoms with Crippen LogP contribution in [-0.2, 0) is 32.6 Å². The molecule has 0 heterocycles. The van der Waals surface area contributed by atoms with Crippen molar-refractivity contribution < 1.29 is 26.2 Å². The van der Waals surface area contributed by atoms with E-state index in [9.17, 15) is 0 Å². The van der Waals surface area contributed by atoms with Crippen LogP contribution >= 0.6 is 0 Å². The largest absolute Gasteiger partial charge is 0.0649 e. The van der Waals surface area contributed by atoms with Crippen LogP contribution in [0.15, 0.2) is 66.2 Å². The summed E-state index contributed by atoms with van der Waals surface area (Å²) in [7, 11) is 0. The van der Waals surface area contributed by atoms with Crippen LogP contribution in [0, 0.1) is 5.92 Å². The molecule has 134 valence electrons. The third kappa shape index (κ3) is 3.90. The molecule has 0 aliphatic heterocycles. The fourth-order valence-electron chi connectivity index (χ4n) is 4.94. The predicted octanol–water partition coefficient (Wildman–Crippen LogP) is 7.41. The second-order valence-corrected chi connectivity index (χ2v) is 8.13. The van der Waals surface area contributed by atoms with Gasteiger partial charge in [-0.2, -0.15) is 0 Å². The third-order valence-corrected chi connectivity index (χ3v) is 6.30. The van der Waals surface area contributed by atoms with E-state index in [-0.39, 0.29) is 26.2 Å². The van der Waals surface area contributed by atoms with E-state index >= 15 is 0 Å². The second-order valence-electron chi connectivity index (χ2n) is 8.13. The van der Waals surface area contributed by atoms with Crippen LogP contribution in [0.5, 0.6) is 0 Å². The zero-order valence-electron chi connectivity index (χ0n) is 15.9. The number of allylic oxidation sites excluding steroid dienone is 1. The summed E-state index contributed by atoms with van der Waals surface area (Å²) in [5.41, 5.74) is 7.37. The van der Waals surface area contributed by atoms with E-state index in [1.54, 1.807) is 5.57 Å². The van der Waals surface area contributed by atoms with Crippen molar-refractivity contribution in [2.75, 3.05) is 0 Å². The maximum absolute atomic E-state index is 2.51. The average Bonchev–Trinajstić information content (AvgIpc) is 3.11. The van der Waals surface area contributed by atoms with Gasteiger partial charge in [-0.1, -0.05) is 98.4 Å². The molecule has 0 nitrogen and oxygen atoms in total. The van der Waals surface area contributed by atoms with Crippen LogP contribution in [0.2, 0.25) is 0 Å². The fraction of sp³-hybridized carbons (Fsp3) is 0.308. The van der Waals surface area contributed by atoms with Crippen LogP contribution in [0.4, 0.5) is 0 Å². The van der Waals surface area contributed by atoms with E-state index in [1.807, 2.05) is 0 Å². The van der Waals surface area contributed by atoms with Crippen molar-refractivity contribution >= 4 is 16.8 Å². The summed E-state index contributed by atoms with van der Waals surface area (Å²) < 4.78 is 0. The Morgan fingerprint density at radius 2 is 1.59 bits per heavy atom. The van der Waals surface area contributed by atoms with Crippen molar-refractivity contribution in [2.24, 2.45) is 5.92 Å². The van der Waals surface area contributed by atoms with Gasteiger partial charge >= 0.3 is 0 Å². The Bertz CT molecular complexity index is 976. The fourth-order valence-corrected chi connectivity index (χ4v) is 4.94. The van der Waals surface area contributed by atoms with Gasteiger partial charge < -0.3 is 0 Å². The Morgan fingerprint density at radius 3 is 2.44 bits per heavy atom. The number of benzene rings is 3. The van der Waals surface area contributed by atoms with Gasteiger partial charge in [-0.3, -0.25) is 0 Å². The minimum absolute atomic E-state index is 0. The molecule has 0 spiro atoms. The van der Waals surface area contributed by atoms with Gasteiger partial charge in [-0.05, 0) is 57.9 Å². The van der Waals surface area contributed by atoms with E-state index < -0.39 is 0 Å². The van der Waals surface area contributed by atoms with Crippen LogP contribution in [0.3, 0.4) is 0 Å². The zero-order chi connectivity index (χ0) is 17.3. The molecule has 0 unspecified atom stereocenters. The van der Waals surface area contributed by atoms with Gasteiger partial charge in [0.05, 0.1) is 0 Å². The third-order valence-electron chi connectivity index (χ3n) is 6.30.